The van der Waals surface area contributed by atoms with Gasteiger partial charge in [0.25, 0.3) is 5.91 Å². The number of rotatable bonds is 6. The molecule has 3 aromatic heterocycles. The lowest BCUT2D eigenvalue weighted by Crippen LogP contribution is -2.28. The van der Waals surface area contributed by atoms with E-state index in [-0.39, 0.29) is 5.91 Å². The zero-order valence-corrected chi connectivity index (χ0v) is 14.3. The number of aromatic nitrogens is 4. The highest BCUT2D eigenvalue weighted by Gasteiger charge is 2.12. The van der Waals surface area contributed by atoms with Crippen molar-refractivity contribution in [2.24, 2.45) is 0 Å². The van der Waals surface area contributed by atoms with Gasteiger partial charge in [-0.05, 0) is 38.1 Å². The third-order valence-electron chi connectivity index (χ3n) is 3.35. The molecule has 0 saturated heterocycles. The second-order valence-corrected chi connectivity index (χ2v) is 6.40. The topological polar surface area (TPSA) is 84.7 Å². The maximum Gasteiger partial charge on any atom is 0.263 e. The summed E-state index contributed by atoms with van der Waals surface area (Å²) in [6.07, 6.45) is 3.82. The van der Waals surface area contributed by atoms with Gasteiger partial charge in [0, 0.05) is 25.5 Å². The van der Waals surface area contributed by atoms with Gasteiger partial charge in [0.1, 0.15) is 10.7 Å². The predicted octanol–water partition coefficient (Wildman–Crippen LogP) is 2.18. The van der Waals surface area contributed by atoms with Gasteiger partial charge < -0.3 is 15.2 Å². The molecule has 2 N–H and O–H groups in total. The smallest absolute Gasteiger partial charge is 0.263 e. The van der Waals surface area contributed by atoms with Gasteiger partial charge in [-0.25, -0.2) is 4.98 Å². The van der Waals surface area contributed by atoms with E-state index in [0.29, 0.717) is 23.8 Å². The second-order valence-electron chi connectivity index (χ2n) is 5.20. The van der Waals surface area contributed by atoms with Gasteiger partial charge in [-0.2, -0.15) is 0 Å². The van der Waals surface area contributed by atoms with Crippen LogP contribution in [0.3, 0.4) is 0 Å². The molecule has 7 nitrogen and oxygen atoms in total. The van der Waals surface area contributed by atoms with Gasteiger partial charge in [-0.3, -0.25) is 4.79 Å². The Balaban J connectivity index is 1.46. The van der Waals surface area contributed by atoms with Gasteiger partial charge in [-0.15, -0.1) is 21.5 Å². The molecule has 124 valence electrons. The molecule has 8 heteroatoms. The number of anilines is 1. The van der Waals surface area contributed by atoms with Crippen LogP contribution in [-0.4, -0.2) is 38.7 Å². The third kappa shape index (κ3) is 3.77. The molecular formula is C16H18N6OS. The van der Waals surface area contributed by atoms with Crippen molar-refractivity contribution in [3.8, 4) is 5.82 Å². The molecule has 0 unspecified atom stereocenters. The number of hydrogen-bond donors (Lipinski definition) is 2. The summed E-state index contributed by atoms with van der Waals surface area (Å²) in [7, 11) is 0. The standard InChI is InChI=1S/C16H18N6OS/c1-11-15(24-12(2)19-11)16(23)18-8-7-17-13-5-6-14(21-20-13)22-9-3-4-10-22/h3-6,9-10H,7-8H2,1-2H3,(H,17,20)(H,18,23). The van der Waals surface area contributed by atoms with Gasteiger partial charge in [-0.1, -0.05) is 0 Å². The summed E-state index contributed by atoms with van der Waals surface area (Å²) in [5.41, 5.74) is 0.773. The van der Waals surface area contributed by atoms with Crippen molar-refractivity contribution in [1.29, 1.82) is 0 Å². The van der Waals surface area contributed by atoms with Gasteiger partial charge in [0.2, 0.25) is 0 Å². The average molecular weight is 342 g/mol. The van der Waals surface area contributed by atoms with Crippen LogP contribution in [0.5, 0.6) is 0 Å². The van der Waals surface area contributed by atoms with E-state index in [1.165, 1.54) is 11.3 Å². The predicted molar refractivity (Wildman–Crippen MR) is 93.8 cm³/mol. The Labute approximate surface area is 143 Å². The summed E-state index contributed by atoms with van der Waals surface area (Å²) >= 11 is 1.41. The van der Waals surface area contributed by atoms with Crippen LogP contribution < -0.4 is 10.6 Å². The Hall–Kier alpha value is -2.74. The number of hydrogen-bond acceptors (Lipinski definition) is 6. The molecule has 0 atom stereocenters. The van der Waals surface area contributed by atoms with E-state index in [1.807, 2.05) is 55.1 Å². The van der Waals surface area contributed by atoms with Crippen LogP contribution in [-0.2, 0) is 0 Å². The van der Waals surface area contributed by atoms with Crippen molar-refractivity contribution in [2.75, 3.05) is 18.4 Å². The van der Waals surface area contributed by atoms with Crippen LogP contribution in [0, 0.1) is 13.8 Å². The minimum absolute atomic E-state index is 0.0889. The van der Waals surface area contributed by atoms with Crippen LogP contribution in [0.15, 0.2) is 36.7 Å². The van der Waals surface area contributed by atoms with Crippen molar-refractivity contribution >= 4 is 23.1 Å². The molecule has 0 aliphatic heterocycles. The zero-order valence-electron chi connectivity index (χ0n) is 13.5. The molecule has 3 aromatic rings. The molecule has 0 aliphatic rings. The first-order chi connectivity index (χ1) is 11.6. The zero-order chi connectivity index (χ0) is 16.9. The number of carbonyl (C=O) groups excluding carboxylic acids is 1. The summed E-state index contributed by atoms with van der Waals surface area (Å²) in [4.78, 5) is 17.0. The van der Waals surface area contributed by atoms with E-state index >= 15 is 0 Å². The summed E-state index contributed by atoms with van der Waals surface area (Å²) < 4.78 is 1.89. The molecule has 0 radical (unpaired) electrons. The summed E-state index contributed by atoms with van der Waals surface area (Å²) in [5, 5.41) is 15.2. The number of aryl methyl sites for hydroxylation is 2. The second kappa shape index (κ2) is 7.22. The quantitative estimate of drug-likeness (QED) is 0.671. The van der Waals surface area contributed by atoms with E-state index in [2.05, 4.69) is 25.8 Å². The first-order valence-corrected chi connectivity index (χ1v) is 8.38. The number of carbonyl (C=O) groups is 1. The molecule has 0 aromatic carbocycles. The van der Waals surface area contributed by atoms with Crippen molar-refractivity contribution in [2.45, 2.75) is 13.8 Å². The van der Waals surface area contributed by atoms with Gasteiger partial charge >= 0.3 is 0 Å². The number of thiazole rings is 1. The minimum Gasteiger partial charge on any atom is -0.367 e. The Morgan fingerprint density at radius 3 is 2.58 bits per heavy atom. The SMILES string of the molecule is Cc1nc(C)c(C(=O)NCCNc2ccc(-n3cccc3)nn2)s1. The number of nitrogens with zero attached hydrogens (tertiary/aromatic N) is 4. The van der Waals surface area contributed by atoms with Crippen molar-refractivity contribution in [3.05, 3.63) is 52.2 Å². The van der Waals surface area contributed by atoms with Crippen LogP contribution in [0.25, 0.3) is 5.82 Å². The molecule has 0 saturated carbocycles. The van der Waals surface area contributed by atoms with Crippen LogP contribution in [0.4, 0.5) is 5.82 Å². The molecule has 3 heterocycles. The number of amides is 1. The first-order valence-electron chi connectivity index (χ1n) is 7.56. The average Bonchev–Trinajstić information content (AvgIpc) is 3.21. The highest BCUT2D eigenvalue weighted by atomic mass is 32.1. The van der Waals surface area contributed by atoms with Gasteiger partial charge in [0.05, 0.1) is 10.7 Å². The summed E-state index contributed by atoms with van der Waals surface area (Å²) in [6, 6.07) is 7.61. The summed E-state index contributed by atoms with van der Waals surface area (Å²) in [6.45, 7) is 4.81. The van der Waals surface area contributed by atoms with Crippen LogP contribution in [0.2, 0.25) is 0 Å². The third-order valence-corrected chi connectivity index (χ3v) is 4.42. The lowest BCUT2D eigenvalue weighted by Gasteiger charge is -2.07. The van der Waals surface area contributed by atoms with Crippen LogP contribution >= 0.6 is 11.3 Å². The Bertz CT molecular complexity index is 810. The van der Waals surface area contributed by atoms with Gasteiger partial charge in [0.15, 0.2) is 5.82 Å². The molecule has 0 bridgehead atoms. The summed E-state index contributed by atoms with van der Waals surface area (Å²) in [5.74, 6) is 1.34. The molecule has 24 heavy (non-hydrogen) atoms. The lowest BCUT2D eigenvalue weighted by atomic mass is 10.3. The molecule has 3 rings (SSSR count). The van der Waals surface area contributed by atoms with Crippen molar-refractivity contribution < 1.29 is 4.79 Å². The maximum absolute atomic E-state index is 12.1. The van der Waals surface area contributed by atoms with Crippen molar-refractivity contribution in [1.82, 2.24) is 25.1 Å². The molecule has 0 fully saturated rings. The lowest BCUT2D eigenvalue weighted by molar-refractivity contribution is 0.0958. The Kier molecular flexibility index (Phi) is 4.85. The van der Waals surface area contributed by atoms with E-state index in [1.54, 1.807) is 0 Å². The van der Waals surface area contributed by atoms with E-state index in [4.69, 9.17) is 0 Å². The highest BCUT2D eigenvalue weighted by molar-refractivity contribution is 7.13. The van der Waals surface area contributed by atoms with E-state index in [0.717, 1.165) is 16.5 Å². The maximum atomic E-state index is 12.1. The van der Waals surface area contributed by atoms with E-state index in [9.17, 15) is 4.79 Å². The van der Waals surface area contributed by atoms with Crippen molar-refractivity contribution in [3.63, 3.8) is 0 Å². The fourth-order valence-corrected chi connectivity index (χ4v) is 3.07. The number of nitrogens with one attached hydrogen (secondary N) is 2. The fraction of sp³-hybridized carbons (Fsp3) is 0.250. The molecular weight excluding hydrogens is 324 g/mol. The molecule has 1 amide bonds. The highest BCUT2D eigenvalue weighted by Crippen LogP contribution is 2.16. The first kappa shape index (κ1) is 16.1. The Morgan fingerprint density at radius 2 is 1.96 bits per heavy atom. The fourth-order valence-electron chi connectivity index (χ4n) is 2.23. The molecule has 0 spiro atoms. The van der Waals surface area contributed by atoms with Crippen LogP contribution in [0.1, 0.15) is 20.4 Å². The normalized spacial score (nSPS) is 10.6. The van der Waals surface area contributed by atoms with E-state index < -0.39 is 0 Å². The Morgan fingerprint density at radius 1 is 1.17 bits per heavy atom. The molecule has 0 aliphatic carbocycles. The minimum atomic E-state index is -0.0889. The largest absolute Gasteiger partial charge is 0.367 e. The monoisotopic (exact) mass is 342 g/mol.